The van der Waals surface area contributed by atoms with Gasteiger partial charge in [0.1, 0.15) is 5.75 Å². The van der Waals surface area contributed by atoms with E-state index in [-0.39, 0.29) is 0 Å². The van der Waals surface area contributed by atoms with Crippen molar-refractivity contribution in [3.05, 3.63) is 108 Å². The van der Waals surface area contributed by atoms with Crippen LogP contribution in [0.5, 0.6) is 5.75 Å². The summed E-state index contributed by atoms with van der Waals surface area (Å²) in [7, 11) is 1.71. The molecule has 1 aliphatic carbocycles. The Morgan fingerprint density at radius 3 is 2.00 bits per heavy atom. The van der Waals surface area contributed by atoms with Crippen LogP contribution in [0.15, 0.2) is 91.0 Å². The van der Waals surface area contributed by atoms with Gasteiger partial charge in [-0.25, -0.2) is 0 Å². The Morgan fingerprint density at radius 1 is 0.720 bits per heavy atom. The highest BCUT2D eigenvalue weighted by molar-refractivity contribution is 5.71. The number of allylic oxidation sites excluding steroid dienone is 2. The minimum absolute atomic E-state index is 0.392. The van der Waals surface area contributed by atoms with Crippen molar-refractivity contribution in [3.63, 3.8) is 0 Å². The van der Waals surface area contributed by atoms with Gasteiger partial charge in [0.2, 0.25) is 0 Å². The van der Waals surface area contributed by atoms with Crippen LogP contribution in [0, 0.1) is 0 Å². The van der Waals surface area contributed by atoms with Crippen LogP contribution in [0.2, 0.25) is 0 Å². The van der Waals surface area contributed by atoms with Crippen molar-refractivity contribution in [1.29, 1.82) is 0 Å². The predicted octanol–water partition coefficient (Wildman–Crippen LogP) is 6.05. The molecular weight excluding hydrogens is 304 g/mol. The van der Waals surface area contributed by atoms with Gasteiger partial charge in [-0.3, -0.25) is 0 Å². The van der Waals surface area contributed by atoms with Gasteiger partial charge in [-0.05, 0) is 46.7 Å². The number of hydrogen-bond acceptors (Lipinski definition) is 1. The van der Waals surface area contributed by atoms with Gasteiger partial charge in [-0.15, -0.1) is 0 Å². The molecule has 4 rings (SSSR count). The first-order valence-electron chi connectivity index (χ1n) is 8.80. The van der Waals surface area contributed by atoms with E-state index in [0.717, 1.165) is 12.2 Å². The number of rotatable bonds is 4. The van der Waals surface area contributed by atoms with Gasteiger partial charge < -0.3 is 4.74 Å². The summed E-state index contributed by atoms with van der Waals surface area (Å²) in [5.74, 6) is 1.78. The summed E-state index contributed by atoms with van der Waals surface area (Å²) >= 11 is 0. The Morgan fingerprint density at radius 2 is 1.36 bits per heavy atom. The Labute approximate surface area is 149 Å². The van der Waals surface area contributed by atoms with Crippen molar-refractivity contribution in [1.82, 2.24) is 0 Å². The van der Waals surface area contributed by atoms with Gasteiger partial charge in [0.15, 0.2) is 0 Å². The van der Waals surface area contributed by atoms with Gasteiger partial charge in [-0.1, -0.05) is 78.9 Å². The maximum absolute atomic E-state index is 5.32. The van der Waals surface area contributed by atoms with Crippen LogP contribution in [-0.4, -0.2) is 7.11 Å². The van der Waals surface area contributed by atoms with Crippen LogP contribution in [0.25, 0.3) is 5.57 Å². The van der Waals surface area contributed by atoms with E-state index < -0.39 is 0 Å². The van der Waals surface area contributed by atoms with Crippen LogP contribution in [0.3, 0.4) is 0 Å². The number of methoxy groups -OCH3 is 1. The standard InChI is InChI=1S/C24H22O/c1-25-22-14-12-20(13-15-22)24-17-21(18-8-4-2-5-9-18)16-23(24)19-10-6-3-7-11-19/h2-15,17,23-24H,16H2,1H3/t23-,24-/m1/s1. The number of hydrogen-bond donors (Lipinski definition) is 0. The fourth-order valence-electron chi connectivity index (χ4n) is 3.81. The molecule has 124 valence electrons. The van der Waals surface area contributed by atoms with Crippen LogP contribution < -0.4 is 4.74 Å². The van der Waals surface area contributed by atoms with Gasteiger partial charge in [-0.2, -0.15) is 0 Å². The number of ether oxygens (including phenoxy) is 1. The first-order valence-corrected chi connectivity index (χ1v) is 8.80. The third-order valence-corrected chi connectivity index (χ3v) is 5.13. The van der Waals surface area contributed by atoms with Crippen molar-refractivity contribution >= 4 is 5.57 Å². The molecule has 0 fully saturated rings. The largest absolute Gasteiger partial charge is 0.497 e. The zero-order valence-electron chi connectivity index (χ0n) is 14.4. The SMILES string of the molecule is COc1ccc([C@H]2C=C(c3ccccc3)C[C@@H]2c2ccccc2)cc1. The molecule has 0 heterocycles. The molecule has 0 N–H and O–H groups in total. The Kier molecular flexibility index (Phi) is 4.39. The number of benzene rings is 3. The molecule has 0 aliphatic heterocycles. The maximum Gasteiger partial charge on any atom is 0.118 e. The molecule has 0 spiro atoms. The topological polar surface area (TPSA) is 9.23 Å². The van der Waals surface area contributed by atoms with E-state index >= 15 is 0 Å². The maximum atomic E-state index is 5.32. The van der Waals surface area contributed by atoms with Crippen LogP contribution >= 0.6 is 0 Å². The lowest BCUT2D eigenvalue weighted by molar-refractivity contribution is 0.414. The van der Waals surface area contributed by atoms with Gasteiger partial charge in [0.25, 0.3) is 0 Å². The minimum atomic E-state index is 0.392. The molecule has 0 saturated carbocycles. The van der Waals surface area contributed by atoms with E-state index in [2.05, 4.69) is 91.0 Å². The van der Waals surface area contributed by atoms with Crippen molar-refractivity contribution in [2.45, 2.75) is 18.3 Å². The smallest absolute Gasteiger partial charge is 0.118 e. The Hall–Kier alpha value is -2.80. The Bertz CT molecular complexity index is 848. The third kappa shape index (κ3) is 3.23. The normalized spacial score (nSPS) is 19.5. The molecule has 1 nitrogen and oxygen atoms in total. The summed E-state index contributed by atoms with van der Waals surface area (Å²) in [6.45, 7) is 0. The molecule has 0 amide bonds. The summed E-state index contributed by atoms with van der Waals surface area (Å²) in [4.78, 5) is 0. The second-order valence-electron chi connectivity index (χ2n) is 6.58. The quantitative estimate of drug-likeness (QED) is 0.567. The van der Waals surface area contributed by atoms with Crippen LogP contribution in [0.4, 0.5) is 0 Å². The van der Waals surface area contributed by atoms with E-state index in [1.807, 2.05) is 0 Å². The zero-order valence-corrected chi connectivity index (χ0v) is 14.4. The fraction of sp³-hybridized carbons (Fsp3) is 0.167. The lowest BCUT2D eigenvalue weighted by Gasteiger charge is -2.20. The molecule has 3 aromatic carbocycles. The molecule has 1 aliphatic rings. The van der Waals surface area contributed by atoms with E-state index in [1.54, 1.807) is 7.11 Å². The average molecular weight is 326 g/mol. The van der Waals surface area contributed by atoms with Crippen molar-refractivity contribution in [2.75, 3.05) is 7.11 Å². The summed E-state index contributed by atoms with van der Waals surface area (Å²) in [5, 5.41) is 0. The molecule has 2 atom stereocenters. The summed E-state index contributed by atoms with van der Waals surface area (Å²) in [6.07, 6.45) is 3.53. The summed E-state index contributed by atoms with van der Waals surface area (Å²) in [6, 6.07) is 30.1. The molecule has 0 saturated heterocycles. The third-order valence-electron chi connectivity index (χ3n) is 5.13. The Balaban J connectivity index is 1.73. The average Bonchev–Trinajstić information content (AvgIpc) is 3.15. The second kappa shape index (κ2) is 6.98. The second-order valence-corrected chi connectivity index (χ2v) is 6.58. The van der Waals surface area contributed by atoms with Crippen molar-refractivity contribution < 1.29 is 4.74 Å². The molecule has 0 bridgehead atoms. The van der Waals surface area contributed by atoms with Crippen molar-refractivity contribution in [2.24, 2.45) is 0 Å². The van der Waals surface area contributed by atoms with Gasteiger partial charge >= 0.3 is 0 Å². The first-order chi connectivity index (χ1) is 12.3. The van der Waals surface area contributed by atoms with E-state index in [1.165, 1.54) is 22.3 Å². The minimum Gasteiger partial charge on any atom is -0.497 e. The first kappa shape index (κ1) is 15.7. The molecule has 3 aromatic rings. The summed E-state index contributed by atoms with van der Waals surface area (Å²) < 4.78 is 5.32. The van der Waals surface area contributed by atoms with E-state index in [9.17, 15) is 0 Å². The van der Waals surface area contributed by atoms with E-state index in [0.29, 0.717) is 11.8 Å². The van der Waals surface area contributed by atoms with E-state index in [4.69, 9.17) is 4.74 Å². The molecule has 25 heavy (non-hydrogen) atoms. The highest BCUT2D eigenvalue weighted by Crippen LogP contribution is 2.47. The molecule has 0 aromatic heterocycles. The highest BCUT2D eigenvalue weighted by Gasteiger charge is 2.30. The lowest BCUT2D eigenvalue weighted by atomic mass is 9.83. The molecule has 0 radical (unpaired) electrons. The predicted molar refractivity (Wildman–Crippen MR) is 104 cm³/mol. The monoisotopic (exact) mass is 326 g/mol. The summed E-state index contributed by atoms with van der Waals surface area (Å²) in [5.41, 5.74) is 5.53. The lowest BCUT2D eigenvalue weighted by Crippen LogP contribution is -2.05. The molecule has 0 unspecified atom stereocenters. The van der Waals surface area contributed by atoms with Crippen molar-refractivity contribution in [3.8, 4) is 5.75 Å². The molecule has 1 heteroatoms. The van der Waals surface area contributed by atoms with Gasteiger partial charge in [0.05, 0.1) is 7.11 Å². The highest BCUT2D eigenvalue weighted by atomic mass is 16.5. The zero-order chi connectivity index (χ0) is 17.1. The molecular formula is C24H22O. The fourth-order valence-corrected chi connectivity index (χ4v) is 3.81. The van der Waals surface area contributed by atoms with Crippen LogP contribution in [0.1, 0.15) is 34.9 Å². The van der Waals surface area contributed by atoms with Crippen LogP contribution in [-0.2, 0) is 0 Å². The van der Waals surface area contributed by atoms with Gasteiger partial charge in [0, 0.05) is 5.92 Å².